The number of hydrogen-bond acceptors (Lipinski definition) is 7. The molecule has 1 aliphatic heterocycles. The van der Waals surface area contributed by atoms with Crippen molar-refractivity contribution in [2.24, 2.45) is 0 Å². The van der Waals surface area contributed by atoms with Gasteiger partial charge in [0.05, 0.1) is 22.1 Å². The van der Waals surface area contributed by atoms with E-state index in [0.717, 1.165) is 16.7 Å². The molecule has 3 aromatic carbocycles. The fraction of sp³-hybridized carbons (Fsp3) is 0.143. The summed E-state index contributed by atoms with van der Waals surface area (Å²) >= 11 is 6.62. The summed E-state index contributed by atoms with van der Waals surface area (Å²) in [6, 6.07) is 19.4. The molecule has 9 heteroatoms. The van der Waals surface area contributed by atoms with E-state index in [1.807, 2.05) is 49.4 Å². The summed E-state index contributed by atoms with van der Waals surface area (Å²) in [7, 11) is 0. The number of nitro groups is 1. The first-order valence-electron chi connectivity index (χ1n) is 11.5. The molecule has 0 aliphatic carbocycles. The molecule has 188 valence electrons. The predicted octanol–water partition coefficient (Wildman–Crippen LogP) is 6.71. The lowest BCUT2D eigenvalue weighted by Crippen LogP contribution is -2.27. The van der Waals surface area contributed by atoms with E-state index in [2.05, 4.69) is 6.58 Å². The fourth-order valence-electron chi connectivity index (χ4n) is 3.80. The van der Waals surface area contributed by atoms with Gasteiger partial charge < -0.3 is 9.47 Å². The molecule has 0 saturated carbocycles. The number of carbonyl (C=O) groups excluding carboxylic acids is 1. The largest absolute Gasteiger partial charge is 0.490 e. The van der Waals surface area contributed by atoms with E-state index >= 15 is 0 Å². The molecule has 4 rings (SSSR count). The zero-order valence-electron chi connectivity index (χ0n) is 20.1. The molecule has 0 aromatic heterocycles. The molecule has 0 N–H and O–H groups in total. The van der Waals surface area contributed by atoms with Gasteiger partial charge in [0.25, 0.3) is 11.6 Å². The first-order chi connectivity index (χ1) is 17.9. The third-order valence-corrected chi connectivity index (χ3v) is 6.76. The first-order valence-corrected chi connectivity index (χ1v) is 12.7. The first kappa shape index (κ1) is 26.1. The number of carbonyl (C=O) groups is 1. The lowest BCUT2D eigenvalue weighted by molar-refractivity contribution is -0.384. The minimum atomic E-state index is -0.488. The van der Waals surface area contributed by atoms with Crippen LogP contribution in [0, 0.1) is 10.1 Å². The Balaban J connectivity index is 1.64. The molecule has 0 bridgehead atoms. The number of rotatable bonds is 10. The van der Waals surface area contributed by atoms with Crippen LogP contribution in [0.1, 0.15) is 23.6 Å². The van der Waals surface area contributed by atoms with Crippen molar-refractivity contribution < 1.29 is 19.2 Å². The van der Waals surface area contributed by atoms with Gasteiger partial charge in [-0.3, -0.25) is 19.8 Å². The number of allylic oxidation sites excluding steroid dienone is 1. The Morgan fingerprint density at radius 1 is 1.11 bits per heavy atom. The van der Waals surface area contributed by atoms with Gasteiger partial charge in [-0.25, -0.2) is 0 Å². The second-order valence-electron chi connectivity index (χ2n) is 8.00. The third kappa shape index (κ3) is 6.07. The van der Waals surface area contributed by atoms with Crippen LogP contribution in [0.25, 0.3) is 6.08 Å². The number of thioether (sulfide) groups is 1. The van der Waals surface area contributed by atoms with Crippen LogP contribution in [0.15, 0.2) is 84.3 Å². The van der Waals surface area contributed by atoms with Gasteiger partial charge in [-0.2, -0.15) is 0 Å². The molecule has 1 heterocycles. The van der Waals surface area contributed by atoms with Crippen LogP contribution >= 0.6 is 24.0 Å². The van der Waals surface area contributed by atoms with Gasteiger partial charge in [0.15, 0.2) is 15.8 Å². The maximum absolute atomic E-state index is 13.2. The summed E-state index contributed by atoms with van der Waals surface area (Å²) in [5, 5.41) is 11.0. The molecule has 1 fully saturated rings. The average Bonchev–Trinajstić information content (AvgIpc) is 3.16. The summed E-state index contributed by atoms with van der Waals surface area (Å²) < 4.78 is 12.4. The molecular formula is C28H24N2O5S2. The molecule has 7 nitrogen and oxygen atoms in total. The second-order valence-corrected chi connectivity index (χ2v) is 9.67. The second kappa shape index (κ2) is 11.9. The average molecular weight is 533 g/mol. The maximum Gasteiger partial charge on any atom is 0.270 e. The van der Waals surface area contributed by atoms with Gasteiger partial charge in [0.1, 0.15) is 6.61 Å². The Kier molecular flexibility index (Phi) is 8.37. The van der Waals surface area contributed by atoms with Gasteiger partial charge in [-0.1, -0.05) is 60.4 Å². The lowest BCUT2D eigenvalue weighted by atomic mass is 10.0. The molecule has 1 amide bonds. The van der Waals surface area contributed by atoms with E-state index in [-0.39, 0.29) is 11.6 Å². The standard InChI is InChI=1S/C28H24N2O5S2/c1-3-8-21-15-20(16-24(34-4-2)26(21)35-18-19-9-6-5-7-10-19)17-25-27(31)29(28(36)37-25)22-11-13-23(14-12-22)30(32)33/h3,5-7,9-17H,1,4,8,18H2,2H3/b25-17+. The number of nitro benzene ring substituents is 1. The van der Waals surface area contributed by atoms with Crippen LogP contribution < -0.4 is 14.4 Å². The normalized spacial score (nSPS) is 14.2. The van der Waals surface area contributed by atoms with Crippen molar-refractivity contribution in [3.05, 3.63) is 111 Å². The molecule has 0 atom stereocenters. The summed E-state index contributed by atoms with van der Waals surface area (Å²) in [6.45, 7) is 6.60. The number of thiocarbonyl (C=S) groups is 1. The van der Waals surface area contributed by atoms with Crippen molar-refractivity contribution in [1.82, 2.24) is 0 Å². The van der Waals surface area contributed by atoms with E-state index in [9.17, 15) is 14.9 Å². The highest BCUT2D eigenvalue weighted by atomic mass is 32.2. The van der Waals surface area contributed by atoms with Gasteiger partial charge in [0, 0.05) is 17.7 Å². The Morgan fingerprint density at radius 3 is 2.49 bits per heavy atom. The van der Waals surface area contributed by atoms with Crippen LogP contribution in [-0.2, 0) is 17.8 Å². The molecule has 0 unspecified atom stereocenters. The Hall–Kier alpha value is -3.95. The van der Waals surface area contributed by atoms with Crippen molar-refractivity contribution in [2.75, 3.05) is 11.5 Å². The van der Waals surface area contributed by atoms with Crippen molar-refractivity contribution in [1.29, 1.82) is 0 Å². The monoisotopic (exact) mass is 532 g/mol. The van der Waals surface area contributed by atoms with Crippen molar-refractivity contribution in [3.8, 4) is 11.5 Å². The molecule has 1 aliphatic rings. The number of amides is 1. The van der Waals surface area contributed by atoms with E-state index < -0.39 is 4.92 Å². The predicted molar refractivity (Wildman–Crippen MR) is 151 cm³/mol. The minimum Gasteiger partial charge on any atom is -0.490 e. The Bertz CT molecular complexity index is 1370. The Labute approximate surface area is 224 Å². The topological polar surface area (TPSA) is 81.9 Å². The van der Waals surface area contributed by atoms with E-state index in [1.54, 1.807) is 12.2 Å². The summed E-state index contributed by atoms with van der Waals surface area (Å²) in [4.78, 5) is 25.5. The number of benzene rings is 3. The molecule has 0 spiro atoms. The lowest BCUT2D eigenvalue weighted by Gasteiger charge is -2.17. The van der Waals surface area contributed by atoms with Crippen LogP contribution in [0.3, 0.4) is 0 Å². The number of non-ortho nitro benzene ring substituents is 1. The van der Waals surface area contributed by atoms with E-state index in [0.29, 0.717) is 46.0 Å². The minimum absolute atomic E-state index is 0.0579. The zero-order chi connectivity index (χ0) is 26.4. The van der Waals surface area contributed by atoms with Crippen LogP contribution in [0.5, 0.6) is 11.5 Å². The van der Waals surface area contributed by atoms with Gasteiger partial charge in [-0.05, 0) is 54.8 Å². The molecule has 1 saturated heterocycles. The summed E-state index contributed by atoms with van der Waals surface area (Å²) in [5.74, 6) is 0.924. The maximum atomic E-state index is 13.2. The van der Waals surface area contributed by atoms with Crippen molar-refractivity contribution >= 4 is 51.7 Å². The highest BCUT2D eigenvalue weighted by Crippen LogP contribution is 2.39. The summed E-state index contributed by atoms with van der Waals surface area (Å²) in [6.07, 6.45) is 4.11. The zero-order valence-corrected chi connectivity index (χ0v) is 21.7. The highest BCUT2D eigenvalue weighted by molar-refractivity contribution is 8.27. The quantitative estimate of drug-likeness (QED) is 0.0944. The number of nitrogens with zero attached hydrogens (tertiary/aromatic N) is 2. The van der Waals surface area contributed by atoms with Crippen LogP contribution in [0.2, 0.25) is 0 Å². The van der Waals surface area contributed by atoms with E-state index in [1.165, 1.54) is 40.9 Å². The molecule has 0 radical (unpaired) electrons. The number of anilines is 1. The fourth-order valence-corrected chi connectivity index (χ4v) is 5.09. The van der Waals surface area contributed by atoms with Gasteiger partial charge in [-0.15, -0.1) is 6.58 Å². The molecular weight excluding hydrogens is 508 g/mol. The SMILES string of the molecule is C=CCc1cc(/C=C2/SC(=S)N(c3ccc([N+](=O)[O-])cc3)C2=O)cc(OCC)c1OCc1ccccc1. The van der Waals surface area contributed by atoms with Crippen molar-refractivity contribution in [3.63, 3.8) is 0 Å². The van der Waals surface area contributed by atoms with Crippen LogP contribution in [0.4, 0.5) is 11.4 Å². The number of ether oxygens (including phenoxy) is 2. The smallest absolute Gasteiger partial charge is 0.270 e. The molecule has 3 aromatic rings. The Morgan fingerprint density at radius 2 is 1.84 bits per heavy atom. The summed E-state index contributed by atoms with van der Waals surface area (Å²) in [5.41, 5.74) is 3.10. The van der Waals surface area contributed by atoms with E-state index in [4.69, 9.17) is 21.7 Å². The third-order valence-electron chi connectivity index (χ3n) is 5.45. The number of hydrogen-bond donors (Lipinski definition) is 0. The van der Waals surface area contributed by atoms with Gasteiger partial charge in [0.2, 0.25) is 0 Å². The van der Waals surface area contributed by atoms with Crippen LogP contribution in [-0.4, -0.2) is 21.8 Å². The molecule has 37 heavy (non-hydrogen) atoms. The highest BCUT2D eigenvalue weighted by Gasteiger charge is 2.33. The van der Waals surface area contributed by atoms with Crippen molar-refractivity contribution in [2.45, 2.75) is 20.0 Å². The van der Waals surface area contributed by atoms with Gasteiger partial charge >= 0.3 is 0 Å².